The Hall–Kier alpha value is -3.36. The van der Waals surface area contributed by atoms with Crippen LogP contribution in [-0.4, -0.2) is 64.6 Å². The van der Waals surface area contributed by atoms with E-state index in [1.54, 1.807) is 27.2 Å². The van der Waals surface area contributed by atoms with Crippen LogP contribution < -0.4 is 5.32 Å². The number of benzene rings is 1. The second kappa shape index (κ2) is 12.0. The average molecular weight is 533 g/mol. The molecule has 0 radical (unpaired) electrons. The number of amides is 2. The summed E-state index contributed by atoms with van der Waals surface area (Å²) in [4.78, 5) is 45.8. The number of aryl methyl sites for hydroxylation is 1. The average Bonchev–Trinajstić information content (AvgIpc) is 3.22. The molecular weight excluding hydrogens is 496 g/mol. The summed E-state index contributed by atoms with van der Waals surface area (Å²) in [7, 11) is 1.96. The summed E-state index contributed by atoms with van der Waals surface area (Å²) in [6.45, 7) is 9.64. The van der Waals surface area contributed by atoms with Crippen molar-refractivity contribution in [1.82, 2.24) is 20.1 Å². The van der Waals surface area contributed by atoms with Crippen molar-refractivity contribution >= 4 is 29.4 Å². The SMILES string of the molecule is C=CC1=C(/C=C\C)CN(C2(C(=O)N3CCCC3C=O)CC2)C1=O.CNCc1ccc(-c2scnc2C)cc1. The maximum absolute atomic E-state index is 13.0. The molecule has 0 bridgehead atoms. The van der Waals surface area contributed by atoms with Gasteiger partial charge in [0.1, 0.15) is 11.8 Å². The van der Waals surface area contributed by atoms with Crippen LogP contribution in [0, 0.1) is 6.92 Å². The van der Waals surface area contributed by atoms with Crippen molar-refractivity contribution < 1.29 is 14.4 Å². The lowest BCUT2D eigenvalue weighted by molar-refractivity contribution is -0.146. The highest BCUT2D eigenvalue weighted by atomic mass is 32.1. The minimum atomic E-state index is -0.750. The van der Waals surface area contributed by atoms with Crippen LogP contribution >= 0.6 is 11.3 Å². The normalized spacial score (nSPS) is 20.1. The first-order valence-electron chi connectivity index (χ1n) is 13.1. The highest BCUT2D eigenvalue weighted by Gasteiger charge is 2.60. The van der Waals surface area contributed by atoms with Crippen LogP contribution in [0.1, 0.15) is 43.9 Å². The molecular formula is C30H36N4O3S. The summed E-state index contributed by atoms with van der Waals surface area (Å²) >= 11 is 1.70. The molecule has 1 N–H and O–H groups in total. The Morgan fingerprint density at radius 1 is 1.29 bits per heavy atom. The smallest absolute Gasteiger partial charge is 0.255 e. The molecule has 1 saturated heterocycles. The molecule has 200 valence electrons. The fraction of sp³-hybridized carbons (Fsp3) is 0.400. The Bertz CT molecular complexity index is 1260. The summed E-state index contributed by atoms with van der Waals surface area (Å²) in [5.41, 5.74) is 6.31. The molecule has 38 heavy (non-hydrogen) atoms. The molecule has 2 amide bonds. The third kappa shape index (κ3) is 5.42. The summed E-state index contributed by atoms with van der Waals surface area (Å²) in [5, 5.41) is 3.14. The largest absolute Gasteiger partial charge is 0.331 e. The highest BCUT2D eigenvalue weighted by molar-refractivity contribution is 7.13. The van der Waals surface area contributed by atoms with E-state index in [9.17, 15) is 14.4 Å². The van der Waals surface area contributed by atoms with Gasteiger partial charge >= 0.3 is 0 Å². The van der Waals surface area contributed by atoms with E-state index in [1.165, 1.54) is 16.0 Å². The second-order valence-corrected chi connectivity index (χ2v) is 10.8. The number of likely N-dealkylation sites (tertiary alicyclic amines) is 1. The van der Waals surface area contributed by atoms with Gasteiger partial charge in [0.15, 0.2) is 0 Å². The van der Waals surface area contributed by atoms with Gasteiger partial charge in [0.25, 0.3) is 5.91 Å². The maximum Gasteiger partial charge on any atom is 0.255 e. The number of nitrogens with zero attached hydrogens (tertiary/aromatic N) is 3. The lowest BCUT2D eigenvalue weighted by atomic mass is 10.1. The number of carbonyl (C=O) groups is 3. The number of rotatable bonds is 8. The monoisotopic (exact) mass is 532 g/mol. The molecule has 1 atom stereocenters. The van der Waals surface area contributed by atoms with Gasteiger partial charge in [0.05, 0.1) is 22.1 Å². The van der Waals surface area contributed by atoms with Crippen molar-refractivity contribution in [2.45, 2.75) is 57.7 Å². The molecule has 1 unspecified atom stereocenters. The van der Waals surface area contributed by atoms with Crippen LogP contribution in [0.15, 0.2) is 65.7 Å². The summed E-state index contributed by atoms with van der Waals surface area (Å²) in [6.07, 6.45) is 9.13. The van der Waals surface area contributed by atoms with E-state index < -0.39 is 5.54 Å². The van der Waals surface area contributed by atoms with E-state index in [0.29, 0.717) is 31.5 Å². The highest BCUT2D eigenvalue weighted by Crippen LogP contribution is 2.47. The van der Waals surface area contributed by atoms with Crippen LogP contribution in [0.2, 0.25) is 0 Å². The van der Waals surface area contributed by atoms with Crippen LogP contribution in [0.25, 0.3) is 10.4 Å². The molecule has 7 nitrogen and oxygen atoms in total. The van der Waals surface area contributed by atoms with Gasteiger partial charge in [-0.05, 0) is 63.3 Å². The molecule has 2 fully saturated rings. The number of nitrogens with one attached hydrogen (secondary N) is 1. The van der Waals surface area contributed by atoms with E-state index in [-0.39, 0.29) is 17.9 Å². The number of hydrogen-bond acceptors (Lipinski definition) is 6. The molecule has 2 aromatic rings. The van der Waals surface area contributed by atoms with E-state index in [4.69, 9.17) is 0 Å². The van der Waals surface area contributed by atoms with Gasteiger partial charge in [-0.2, -0.15) is 0 Å². The quantitative estimate of drug-likeness (QED) is 0.508. The number of aldehydes is 1. The topological polar surface area (TPSA) is 82.6 Å². The number of allylic oxidation sites excluding steroid dienone is 1. The molecule has 0 spiro atoms. The van der Waals surface area contributed by atoms with Crippen LogP contribution in [0.3, 0.4) is 0 Å². The minimum absolute atomic E-state index is 0.0643. The van der Waals surface area contributed by atoms with Crippen molar-refractivity contribution in [2.24, 2.45) is 0 Å². The van der Waals surface area contributed by atoms with E-state index in [0.717, 1.165) is 36.9 Å². The lowest BCUT2D eigenvalue weighted by Gasteiger charge is -2.32. The van der Waals surface area contributed by atoms with Crippen LogP contribution in [0.5, 0.6) is 0 Å². The fourth-order valence-corrected chi connectivity index (χ4v) is 6.06. The number of thiazole rings is 1. The van der Waals surface area contributed by atoms with E-state index in [2.05, 4.69) is 41.1 Å². The zero-order valence-corrected chi connectivity index (χ0v) is 23.2. The van der Waals surface area contributed by atoms with E-state index >= 15 is 0 Å². The Morgan fingerprint density at radius 3 is 2.58 bits per heavy atom. The standard InChI is InChI=1S/C18H22N2O3.C12H14N2S/c1-3-6-13-11-20(16(22)15(13)4-2)18(8-9-18)17(23)19-10-5-7-14(19)12-21;1-9-12(15-8-14-9)11-5-3-10(4-6-11)7-13-2/h3-4,6,12,14H,2,5,7-11H2,1H3;3-6,8,13H,7H2,1-2H3/b6-3-;. The summed E-state index contributed by atoms with van der Waals surface area (Å²) in [6, 6.07) is 8.30. The van der Waals surface area contributed by atoms with Crippen molar-refractivity contribution in [3.8, 4) is 10.4 Å². The van der Waals surface area contributed by atoms with Gasteiger partial charge in [-0.15, -0.1) is 11.3 Å². The predicted octanol–water partition coefficient (Wildman–Crippen LogP) is 4.45. The molecule has 1 aromatic carbocycles. The third-order valence-electron chi connectivity index (χ3n) is 7.42. The van der Waals surface area contributed by atoms with E-state index in [1.807, 2.05) is 38.6 Å². The van der Waals surface area contributed by atoms with Crippen molar-refractivity contribution in [1.29, 1.82) is 0 Å². The minimum Gasteiger partial charge on any atom is -0.331 e. The van der Waals surface area contributed by atoms with Gasteiger partial charge in [-0.1, -0.05) is 49.1 Å². The Balaban J connectivity index is 0.000000194. The van der Waals surface area contributed by atoms with Gasteiger partial charge < -0.3 is 19.9 Å². The van der Waals surface area contributed by atoms with Crippen molar-refractivity contribution in [2.75, 3.05) is 20.1 Å². The molecule has 5 rings (SSSR count). The van der Waals surface area contributed by atoms with Gasteiger partial charge in [0, 0.05) is 25.2 Å². The second-order valence-electron chi connectivity index (χ2n) is 9.90. The molecule has 2 aliphatic heterocycles. The molecule has 3 heterocycles. The van der Waals surface area contributed by atoms with Crippen molar-refractivity contribution in [3.05, 3.63) is 77.0 Å². The number of aromatic nitrogens is 1. The Labute approximate surface area is 228 Å². The number of hydrogen-bond donors (Lipinski definition) is 1. The van der Waals surface area contributed by atoms with Gasteiger partial charge in [-0.25, -0.2) is 4.98 Å². The van der Waals surface area contributed by atoms with Gasteiger partial charge in [0.2, 0.25) is 5.91 Å². The predicted molar refractivity (Wildman–Crippen MR) is 152 cm³/mol. The molecule has 1 aliphatic carbocycles. The fourth-order valence-electron chi connectivity index (χ4n) is 5.25. The molecule has 3 aliphatic rings. The zero-order valence-electron chi connectivity index (χ0n) is 22.4. The first-order chi connectivity index (χ1) is 18.4. The molecule has 1 saturated carbocycles. The van der Waals surface area contributed by atoms with Crippen LogP contribution in [-0.2, 0) is 20.9 Å². The van der Waals surface area contributed by atoms with Gasteiger partial charge in [-0.3, -0.25) is 9.59 Å². The summed E-state index contributed by atoms with van der Waals surface area (Å²) < 4.78 is 0. The first kappa shape index (κ1) is 27.7. The first-order valence-corrected chi connectivity index (χ1v) is 14.0. The molecule has 1 aromatic heterocycles. The maximum atomic E-state index is 13.0. The third-order valence-corrected chi connectivity index (χ3v) is 8.40. The molecule has 8 heteroatoms. The zero-order chi connectivity index (χ0) is 27.3. The lowest BCUT2D eigenvalue weighted by Crippen LogP contribution is -2.53. The Morgan fingerprint density at radius 2 is 2.03 bits per heavy atom. The summed E-state index contributed by atoms with van der Waals surface area (Å²) in [5.74, 6) is -0.189. The van der Waals surface area contributed by atoms with Crippen molar-refractivity contribution in [3.63, 3.8) is 0 Å². The Kier molecular flexibility index (Phi) is 8.74. The van der Waals surface area contributed by atoms with Crippen LogP contribution in [0.4, 0.5) is 0 Å². The number of carbonyl (C=O) groups excluding carboxylic acids is 3.